The standard InChI is InChI=1S/C10H12ClN3S/c1-2-9-5-13-10(15-9)6-14-7-12-4-8(14)3-11/h4-5,7H,2-3,6H2,1H3. The average molecular weight is 242 g/mol. The van der Waals surface area contributed by atoms with E-state index >= 15 is 0 Å². The van der Waals surface area contributed by atoms with Gasteiger partial charge in [-0.15, -0.1) is 22.9 Å². The molecule has 0 spiro atoms. The van der Waals surface area contributed by atoms with Crippen LogP contribution in [-0.2, 0) is 18.8 Å². The SMILES string of the molecule is CCc1cnc(Cn2cncc2CCl)s1. The van der Waals surface area contributed by atoms with Gasteiger partial charge in [-0.05, 0) is 6.42 Å². The second-order valence-corrected chi connectivity index (χ2v) is 4.69. The van der Waals surface area contributed by atoms with Gasteiger partial charge >= 0.3 is 0 Å². The van der Waals surface area contributed by atoms with Gasteiger partial charge in [-0.2, -0.15) is 0 Å². The van der Waals surface area contributed by atoms with Gasteiger partial charge in [0.1, 0.15) is 5.01 Å². The predicted molar refractivity (Wildman–Crippen MR) is 62.4 cm³/mol. The number of hydrogen-bond donors (Lipinski definition) is 0. The second-order valence-electron chi connectivity index (χ2n) is 3.22. The zero-order chi connectivity index (χ0) is 10.7. The fraction of sp³-hybridized carbons (Fsp3) is 0.400. The molecular formula is C10H12ClN3S. The van der Waals surface area contributed by atoms with Gasteiger partial charge in [0.15, 0.2) is 0 Å². The van der Waals surface area contributed by atoms with E-state index in [1.807, 2.05) is 10.8 Å². The van der Waals surface area contributed by atoms with Crippen LogP contribution < -0.4 is 0 Å². The van der Waals surface area contributed by atoms with Gasteiger partial charge in [0.05, 0.1) is 24.4 Å². The maximum absolute atomic E-state index is 5.79. The Bertz CT molecular complexity index is 435. The topological polar surface area (TPSA) is 30.7 Å². The van der Waals surface area contributed by atoms with Crippen molar-refractivity contribution in [2.75, 3.05) is 0 Å². The summed E-state index contributed by atoms with van der Waals surface area (Å²) < 4.78 is 2.03. The Morgan fingerprint density at radius 2 is 2.33 bits per heavy atom. The summed E-state index contributed by atoms with van der Waals surface area (Å²) in [5.74, 6) is 0.492. The molecule has 0 atom stereocenters. The van der Waals surface area contributed by atoms with E-state index in [-0.39, 0.29) is 0 Å². The smallest absolute Gasteiger partial charge is 0.113 e. The van der Waals surface area contributed by atoms with Crippen LogP contribution in [0.4, 0.5) is 0 Å². The third-order valence-corrected chi connectivity index (χ3v) is 3.59. The molecule has 0 bridgehead atoms. The number of aryl methyl sites for hydroxylation is 1. The summed E-state index contributed by atoms with van der Waals surface area (Å²) in [6.45, 7) is 2.91. The first-order chi connectivity index (χ1) is 7.33. The van der Waals surface area contributed by atoms with Gasteiger partial charge in [0.25, 0.3) is 0 Å². The zero-order valence-corrected chi connectivity index (χ0v) is 10.1. The molecule has 80 valence electrons. The number of imidazole rings is 1. The Morgan fingerprint density at radius 1 is 1.47 bits per heavy atom. The van der Waals surface area contributed by atoms with E-state index in [2.05, 4.69) is 16.9 Å². The highest BCUT2D eigenvalue weighted by atomic mass is 35.5. The van der Waals surface area contributed by atoms with Crippen LogP contribution in [0.1, 0.15) is 22.5 Å². The molecule has 2 heterocycles. The fourth-order valence-electron chi connectivity index (χ4n) is 1.33. The summed E-state index contributed by atoms with van der Waals surface area (Å²) in [5.41, 5.74) is 1.03. The van der Waals surface area contributed by atoms with Crippen LogP contribution in [0.25, 0.3) is 0 Å². The quantitative estimate of drug-likeness (QED) is 0.771. The molecule has 0 aliphatic heterocycles. The molecular weight excluding hydrogens is 230 g/mol. The molecule has 0 aliphatic rings. The summed E-state index contributed by atoms with van der Waals surface area (Å²) in [6, 6.07) is 0. The lowest BCUT2D eigenvalue weighted by molar-refractivity contribution is 0.759. The van der Waals surface area contributed by atoms with Crippen molar-refractivity contribution in [1.82, 2.24) is 14.5 Å². The van der Waals surface area contributed by atoms with Crippen LogP contribution in [0, 0.1) is 0 Å². The van der Waals surface area contributed by atoms with Crippen LogP contribution in [0.2, 0.25) is 0 Å². The van der Waals surface area contributed by atoms with Crippen molar-refractivity contribution in [1.29, 1.82) is 0 Å². The van der Waals surface area contributed by atoms with E-state index in [0.29, 0.717) is 5.88 Å². The molecule has 2 aromatic heterocycles. The molecule has 0 aliphatic carbocycles. The molecule has 0 saturated carbocycles. The molecule has 0 fully saturated rings. The minimum Gasteiger partial charge on any atom is -0.327 e. The van der Waals surface area contributed by atoms with Gasteiger partial charge in [0, 0.05) is 17.3 Å². The first-order valence-corrected chi connectivity index (χ1v) is 6.17. The molecule has 0 N–H and O–H groups in total. The van der Waals surface area contributed by atoms with Crippen LogP contribution in [-0.4, -0.2) is 14.5 Å². The molecule has 5 heteroatoms. The third-order valence-electron chi connectivity index (χ3n) is 2.19. The maximum Gasteiger partial charge on any atom is 0.113 e. The van der Waals surface area contributed by atoms with Crippen LogP contribution >= 0.6 is 22.9 Å². The second kappa shape index (κ2) is 4.77. The van der Waals surface area contributed by atoms with E-state index in [1.54, 1.807) is 23.9 Å². The van der Waals surface area contributed by atoms with Crippen molar-refractivity contribution in [2.45, 2.75) is 25.8 Å². The van der Waals surface area contributed by atoms with Crippen molar-refractivity contribution >= 4 is 22.9 Å². The molecule has 15 heavy (non-hydrogen) atoms. The zero-order valence-electron chi connectivity index (χ0n) is 8.48. The van der Waals surface area contributed by atoms with Gasteiger partial charge in [-0.1, -0.05) is 6.92 Å². The van der Waals surface area contributed by atoms with Gasteiger partial charge in [0.2, 0.25) is 0 Å². The van der Waals surface area contributed by atoms with Crippen molar-refractivity contribution in [3.63, 3.8) is 0 Å². The highest BCUT2D eigenvalue weighted by molar-refractivity contribution is 7.11. The Balaban J connectivity index is 2.14. The van der Waals surface area contributed by atoms with Crippen LogP contribution in [0.5, 0.6) is 0 Å². The summed E-state index contributed by atoms with van der Waals surface area (Å²) in [5, 5.41) is 1.11. The lowest BCUT2D eigenvalue weighted by Crippen LogP contribution is -2.00. The molecule has 0 amide bonds. The monoisotopic (exact) mass is 241 g/mol. The van der Waals surface area contributed by atoms with Gasteiger partial charge in [-0.25, -0.2) is 9.97 Å². The molecule has 0 radical (unpaired) electrons. The summed E-state index contributed by atoms with van der Waals surface area (Å²) in [7, 11) is 0. The van der Waals surface area contributed by atoms with Crippen molar-refractivity contribution in [2.24, 2.45) is 0 Å². The Labute approximate surface area is 97.8 Å². The van der Waals surface area contributed by atoms with Crippen molar-refractivity contribution in [3.05, 3.63) is 34.3 Å². The normalized spacial score (nSPS) is 10.8. The van der Waals surface area contributed by atoms with E-state index in [4.69, 9.17) is 11.6 Å². The number of thiazole rings is 1. The third kappa shape index (κ3) is 2.38. The molecule has 0 saturated heterocycles. The summed E-state index contributed by atoms with van der Waals surface area (Å²) in [6.07, 6.45) is 6.58. The minimum absolute atomic E-state index is 0.492. The Hall–Kier alpha value is -0.870. The van der Waals surface area contributed by atoms with E-state index in [0.717, 1.165) is 23.7 Å². The van der Waals surface area contributed by atoms with Crippen LogP contribution in [0.15, 0.2) is 18.7 Å². The molecule has 2 aromatic rings. The number of hydrogen-bond acceptors (Lipinski definition) is 3. The summed E-state index contributed by atoms with van der Waals surface area (Å²) in [4.78, 5) is 9.75. The predicted octanol–water partition coefficient (Wildman–Crippen LogP) is 2.69. The molecule has 2 rings (SSSR count). The van der Waals surface area contributed by atoms with Crippen LogP contribution in [0.3, 0.4) is 0 Å². The van der Waals surface area contributed by atoms with Crippen molar-refractivity contribution in [3.8, 4) is 0 Å². The average Bonchev–Trinajstić information content (AvgIpc) is 2.87. The molecule has 3 nitrogen and oxygen atoms in total. The number of nitrogens with zero attached hydrogens (tertiary/aromatic N) is 3. The minimum atomic E-state index is 0.492. The largest absolute Gasteiger partial charge is 0.327 e. The number of alkyl halides is 1. The van der Waals surface area contributed by atoms with E-state index in [9.17, 15) is 0 Å². The highest BCUT2D eigenvalue weighted by Gasteiger charge is 2.04. The molecule has 0 unspecified atom stereocenters. The first kappa shape index (κ1) is 10.6. The van der Waals surface area contributed by atoms with E-state index in [1.165, 1.54) is 4.88 Å². The van der Waals surface area contributed by atoms with Crippen molar-refractivity contribution < 1.29 is 0 Å². The van der Waals surface area contributed by atoms with E-state index < -0.39 is 0 Å². The maximum atomic E-state index is 5.79. The van der Waals surface area contributed by atoms with Gasteiger partial charge in [-0.3, -0.25) is 0 Å². The highest BCUT2D eigenvalue weighted by Crippen LogP contribution is 2.15. The number of aromatic nitrogens is 3. The lowest BCUT2D eigenvalue weighted by Gasteiger charge is -2.02. The Morgan fingerprint density at radius 3 is 3.00 bits per heavy atom. The first-order valence-electron chi connectivity index (χ1n) is 4.82. The summed E-state index contributed by atoms with van der Waals surface area (Å²) >= 11 is 7.54. The Kier molecular flexibility index (Phi) is 3.38. The number of rotatable bonds is 4. The molecule has 0 aromatic carbocycles. The fourth-order valence-corrected chi connectivity index (χ4v) is 2.42. The van der Waals surface area contributed by atoms with Gasteiger partial charge < -0.3 is 4.57 Å². The number of halogens is 1. The lowest BCUT2D eigenvalue weighted by atomic mass is 10.4.